The van der Waals surface area contributed by atoms with E-state index in [2.05, 4.69) is 10.6 Å². The van der Waals surface area contributed by atoms with E-state index in [-0.39, 0.29) is 11.0 Å². The molecule has 0 radical (unpaired) electrons. The van der Waals surface area contributed by atoms with Crippen LogP contribution in [0.4, 0.5) is 5.69 Å². The maximum absolute atomic E-state index is 13.1. The van der Waals surface area contributed by atoms with Crippen LogP contribution in [0.3, 0.4) is 0 Å². The molecular formula is C25H21N3O2S. The number of pyridine rings is 1. The fraction of sp³-hybridized carbons (Fsp3) is 0.0800. The van der Waals surface area contributed by atoms with E-state index in [1.807, 2.05) is 85.8 Å². The molecule has 1 amide bonds. The van der Waals surface area contributed by atoms with Gasteiger partial charge in [-0.05, 0) is 55.5 Å². The summed E-state index contributed by atoms with van der Waals surface area (Å²) in [6.45, 7) is 2.54. The van der Waals surface area contributed by atoms with Crippen molar-refractivity contribution in [2.45, 2.75) is 6.92 Å². The Morgan fingerprint density at radius 1 is 0.968 bits per heavy atom. The molecule has 0 aliphatic heterocycles. The predicted molar refractivity (Wildman–Crippen MR) is 128 cm³/mol. The molecule has 4 aromatic rings. The van der Waals surface area contributed by atoms with E-state index >= 15 is 0 Å². The van der Waals surface area contributed by atoms with Gasteiger partial charge in [0.25, 0.3) is 5.91 Å². The first-order valence-electron chi connectivity index (χ1n) is 9.94. The van der Waals surface area contributed by atoms with Crippen LogP contribution < -0.4 is 15.4 Å². The Kier molecular flexibility index (Phi) is 6.19. The molecule has 0 aliphatic rings. The molecule has 3 aromatic carbocycles. The predicted octanol–water partition coefficient (Wildman–Crippen LogP) is 5.43. The zero-order valence-electron chi connectivity index (χ0n) is 17.0. The van der Waals surface area contributed by atoms with E-state index in [9.17, 15) is 4.79 Å². The van der Waals surface area contributed by atoms with Gasteiger partial charge in [0.05, 0.1) is 23.4 Å². The smallest absolute Gasteiger partial charge is 0.258 e. The molecule has 6 heteroatoms. The van der Waals surface area contributed by atoms with Crippen molar-refractivity contribution in [2.75, 3.05) is 11.9 Å². The van der Waals surface area contributed by atoms with Gasteiger partial charge in [0, 0.05) is 16.6 Å². The van der Waals surface area contributed by atoms with Crippen LogP contribution >= 0.6 is 12.2 Å². The summed E-state index contributed by atoms with van der Waals surface area (Å²) < 4.78 is 5.44. The lowest BCUT2D eigenvalue weighted by Gasteiger charge is -2.13. The van der Waals surface area contributed by atoms with Crippen molar-refractivity contribution < 1.29 is 9.53 Å². The molecule has 0 fully saturated rings. The Bertz CT molecular complexity index is 1220. The molecule has 0 spiro atoms. The highest BCUT2D eigenvalue weighted by Gasteiger charge is 2.15. The third-order valence-corrected chi connectivity index (χ3v) is 4.88. The summed E-state index contributed by atoms with van der Waals surface area (Å²) in [5.41, 5.74) is 3.70. The molecule has 0 atom stereocenters. The maximum Gasteiger partial charge on any atom is 0.258 e. The Hall–Kier alpha value is -3.77. The van der Waals surface area contributed by atoms with Gasteiger partial charge in [-0.1, -0.05) is 48.5 Å². The normalized spacial score (nSPS) is 10.5. The van der Waals surface area contributed by atoms with E-state index in [0.29, 0.717) is 12.2 Å². The van der Waals surface area contributed by atoms with Crippen molar-refractivity contribution in [1.82, 2.24) is 10.3 Å². The second-order valence-corrected chi connectivity index (χ2v) is 7.21. The fourth-order valence-corrected chi connectivity index (χ4v) is 3.46. The number of amides is 1. The van der Waals surface area contributed by atoms with Crippen LogP contribution in [0, 0.1) is 0 Å². The Balaban J connectivity index is 1.57. The fourth-order valence-electron chi connectivity index (χ4n) is 3.25. The van der Waals surface area contributed by atoms with Gasteiger partial charge in [-0.25, -0.2) is 4.98 Å². The standard InChI is InChI=1S/C25H21N3O2S/c1-2-30-19-14-12-18(13-15-19)26-25(31)28-24(29)21-16-23(17-8-4-3-5-9-17)27-22-11-7-6-10-20(21)22/h3-16H,2H2,1H3,(H2,26,28,29,31). The Labute approximate surface area is 186 Å². The van der Waals surface area contributed by atoms with Gasteiger partial charge in [0.2, 0.25) is 0 Å². The quantitative estimate of drug-likeness (QED) is 0.416. The number of fused-ring (bicyclic) bond motifs is 1. The van der Waals surface area contributed by atoms with Crippen LogP contribution in [-0.4, -0.2) is 22.6 Å². The number of nitrogens with zero attached hydrogens (tertiary/aromatic N) is 1. The van der Waals surface area contributed by atoms with E-state index < -0.39 is 0 Å². The number of rotatable bonds is 5. The summed E-state index contributed by atoms with van der Waals surface area (Å²) in [5, 5.41) is 6.80. The number of nitrogens with one attached hydrogen (secondary N) is 2. The number of para-hydroxylation sites is 1. The minimum absolute atomic E-state index is 0.219. The average molecular weight is 428 g/mol. The minimum Gasteiger partial charge on any atom is -0.494 e. The molecule has 4 rings (SSSR count). The molecule has 0 unspecified atom stereocenters. The third-order valence-electron chi connectivity index (χ3n) is 4.68. The lowest BCUT2D eigenvalue weighted by molar-refractivity contribution is 0.0979. The molecule has 0 aliphatic carbocycles. The summed E-state index contributed by atoms with van der Waals surface area (Å²) >= 11 is 5.36. The topological polar surface area (TPSA) is 63.2 Å². The molecule has 0 saturated heterocycles. The number of hydrogen-bond acceptors (Lipinski definition) is 4. The minimum atomic E-state index is -0.292. The van der Waals surface area contributed by atoms with Crippen LogP contribution in [0.1, 0.15) is 17.3 Å². The number of anilines is 1. The SMILES string of the molecule is CCOc1ccc(NC(=S)NC(=O)c2cc(-c3ccccc3)nc3ccccc23)cc1. The van der Waals surface area contributed by atoms with Crippen molar-refractivity contribution in [2.24, 2.45) is 0 Å². The van der Waals surface area contributed by atoms with Gasteiger partial charge < -0.3 is 10.1 Å². The number of carbonyl (C=O) groups excluding carboxylic acids is 1. The van der Waals surface area contributed by atoms with Crippen molar-refractivity contribution in [3.8, 4) is 17.0 Å². The Morgan fingerprint density at radius 2 is 1.68 bits per heavy atom. The molecule has 31 heavy (non-hydrogen) atoms. The van der Waals surface area contributed by atoms with Crippen molar-refractivity contribution >= 4 is 39.8 Å². The zero-order chi connectivity index (χ0) is 21.6. The summed E-state index contributed by atoms with van der Waals surface area (Å²) in [5.74, 6) is 0.485. The highest BCUT2D eigenvalue weighted by atomic mass is 32.1. The lowest BCUT2D eigenvalue weighted by Crippen LogP contribution is -2.34. The summed E-state index contributed by atoms with van der Waals surface area (Å²) in [6.07, 6.45) is 0. The highest BCUT2D eigenvalue weighted by molar-refractivity contribution is 7.80. The number of thiocarbonyl (C=S) groups is 1. The molecule has 2 N–H and O–H groups in total. The number of ether oxygens (including phenoxy) is 1. The van der Waals surface area contributed by atoms with E-state index in [1.54, 1.807) is 6.07 Å². The monoisotopic (exact) mass is 427 g/mol. The first kappa shape index (κ1) is 20.5. The van der Waals surface area contributed by atoms with Gasteiger partial charge in [-0.3, -0.25) is 10.1 Å². The van der Waals surface area contributed by atoms with E-state index in [0.717, 1.165) is 33.6 Å². The first-order chi connectivity index (χ1) is 15.1. The Morgan fingerprint density at radius 3 is 2.42 bits per heavy atom. The van der Waals surface area contributed by atoms with E-state index in [4.69, 9.17) is 21.9 Å². The highest BCUT2D eigenvalue weighted by Crippen LogP contribution is 2.25. The van der Waals surface area contributed by atoms with Gasteiger partial charge >= 0.3 is 0 Å². The van der Waals surface area contributed by atoms with Gasteiger partial charge in [0.15, 0.2) is 5.11 Å². The summed E-state index contributed by atoms with van der Waals surface area (Å²) in [7, 11) is 0. The number of benzene rings is 3. The molecular weight excluding hydrogens is 406 g/mol. The lowest BCUT2D eigenvalue weighted by atomic mass is 10.0. The van der Waals surface area contributed by atoms with Crippen molar-refractivity contribution in [1.29, 1.82) is 0 Å². The van der Waals surface area contributed by atoms with Gasteiger partial charge in [-0.2, -0.15) is 0 Å². The second-order valence-electron chi connectivity index (χ2n) is 6.80. The third kappa shape index (κ3) is 4.87. The average Bonchev–Trinajstić information content (AvgIpc) is 2.80. The van der Waals surface area contributed by atoms with Crippen molar-refractivity contribution in [3.63, 3.8) is 0 Å². The molecule has 1 aromatic heterocycles. The largest absolute Gasteiger partial charge is 0.494 e. The van der Waals surface area contributed by atoms with Crippen LogP contribution in [0.25, 0.3) is 22.2 Å². The second kappa shape index (κ2) is 9.36. The van der Waals surface area contributed by atoms with Gasteiger partial charge in [0.1, 0.15) is 5.75 Å². The van der Waals surface area contributed by atoms with Crippen LogP contribution in [-0.2, 0) is 0 Å². The number of hydrogen-bond donors (Lipinski definition) is 2. The molecule has 1 heterocycles. The van der Waals surface area contributed by atoms with E-state index in [1.165, 1.54) is 0 Å². The number of aromatic nitrogens is 1. The number of carbonyl (C=O) groups is 1. The zero-order valence-corrected chi connectivity index (χ0v) is 17.8. The van der Waals surface area contributed by atoms with Gasteiger partial charge in [-0.15, -0.1) is 0 Å². The summed E-state index contributed by atoms with van der Waals surface area (Å²) in [6, 6.07) is 26.5. The molecule has 0 saturated carbocycles. The maximum atomic E-state index is 13.1. The molecule has 0 bridgehead atoms. The molecule has 5 nitrogen and oxygen atoms in total. The van der Waals surface area contributed by atoms with Crippen LogP contribution in [0.2, 0.25) is 0 Å². The van der Waals surface area contributed by atoms with Crippen LogP contribution in [0.5, 0.6) is 5.75 Å². The first-order valence-corrected chi connectivity index (χ1v) is 10.4. The molecule has 154 valence electrons. The van der Waals surface area contributed by atoms with Crippen molar-refractivity contribution in [3.05, 3.63) is 90.5 Å². The van der Waals surface area contributed by atoms with Crippen LogP contribution in [0.15, 0.2) is 84.9 Å². The summed E-state index contributed by atoms with van der Waals surface area (Å²) in [4.78, 5) is 17.8.